The van der Waals surface area contributed by atoms with Gasteiger partial charge < -0.3 is 4.98 Å². The lowest BCUT2D eigenvalue weighted by Crippen LogP contribution is -1.89. The first-order valence-electron chi connectivity index (χ1n) is 7.45. The molecule has 19 heavy (non-hydrogen) atoms. The van der Waals surface area contributed by atoms with Crippen LogP contribution < -0.4 is 0 Å². The number of hydrogen-bond donors (Lipinski definition) is 1. The van der Waals surface area contributed by atoms with E-state index in [4.69, 9.17) is 11.6 Å². The fraction of sp³-hybridized carbons (Fsp3) is 0.800. The Bertz CT molecular complexity index is 300. The number of aryl methyl sites for hydroxylation is 1. The monoisotopic (exact) mass is 306 g/mol. The van der Waals surface area contributed by atoms with Crippen LogP contribution in [0.4, 0.5) is 0 Å². The van der Waals surface area contributed by atoms with E-state index in [2.05, 4.69) is 16.9 Å². The predicted octanol–water partition coefficient (Wildman–Crippen LogP) is 5.64. The Morgan fingerprint density at radius 1 is 1.00 bits per heavy atom. The maximum absolute atomic E-state index is 5.72. The Balaban J connectivity index is 0.00000324. The van der Waals surface area contributed by atoms with E-state index in [9.17, 15) is 0 Å². The largest absolute Gasteiger partial charge is 0.345 e. The summed E-state index contributed by atoms with van der Waals surface area (Å²) in [4.78, 5) is 7.56. The molecule has 2 nitrogen and oxygen atoms in total. The molecule has 1 heterocycles. The zero-order valence-electron chi connectivity index (χ0n) is 12.1. The molecule has 0 aliphatic rings. The van der Waals surface area contributed by atoms with Gasteiger partial charge in [-0.3, -0.25) is 0 Å². The van der Waals surface area contributed by atoms with Crippen LogP contribution in [0.2, 0.25) is 0 Å². The highest BCUT2D eigenvalue weighted by Gasteiger charge is 1.99. The van der Waals surface area contributed by atoms with Crippen molar-refractivity contribution in [3.8, 4) is 0 Å². The van der Waals surface area contributed by atoms with Crippen LogP contribution in [0.3, 0.4) is 0 Å². The molecule has 0 aromatic carbocycles. The Hall–Kier alpha value is -0.210. The van der Waals surface area contributed by atoms with E-state index in [1.807, 2.05) is 6.20 Å². The highest BCUT2D eigenvalue weighted by atomic mass is 35.5. The third-order valence-electron chi connectivity index (χ3n) is 3.34. The predicted molar refractivity (Wildman–Crippen MR) is 86.3 cm³/mol. The van der Waals surface area contributed by atoms with E-state index in [0.29, 0.717) is 5.88 Å². The van der Waals surface area contributed by atoms with E-state index >= 15 is 0 Å². The molecule has 1 aromatic rings. The molecule has 112 valence electrons. The zero-order valence-corrected chi connectivity index (χ0v) is 13.7. The Kier molecular flexibility index (Phi) is 12.7. The van der Waals surface area contributed by atoms with E-state index in [0.717, 1.165) is 17.9 Å². The summed E-state index contributed by atoms with van der Waals surface area (Å²) in [5, 5.41) is 0. The molecule has 0 fully saturated rings. The maximum atomic E-state index is 5.72. The van der Waals surface area contributed by atoms with Crippen LogP contribution in [0.1, 0.15) is 76.2 Å². The van der Waals surface area contributed by atoms with Crippen molar-refractivity contribution in [2.45, 2.75) is 77.0 Å². The number of hydrogen-bond acceptors (Lipinski definition) is 1. The molecule has 0 saturated carbocycles. The SMILES string of the molecule is CCCCCCCCCCCc1ncc(CCl)[nH]1.Cl. The van der Waals surface area contributed by atoms with Crippen LogP contribution in [-0.4, -0.2) is 9.97 Å². The van der Waals surface area contributed by atoms with Gasteiger partial charge in [0.25, 0.3) is 0 Å². The van der Waals surface area contributed by atoms with Crippen molar-refractivity contribution in [1.82, 2.24) is 9.97 Å². The van der Waals surface area contributed by atoms with Crippen LogP contribution in [0, 0.1) is 0 Å². The van der Waals surface area contributed by atoms with E-state index in [1.54, 1.807) is 0 Å². The van der Waals surface area contributed by atoms with Gasteiger partial charge in [-0.05, 0) is 6.42 Å². The topological polar surface area (TPSA) is 28.7 Å². The van der Waals surface area contributed by atoms with Crippen LogP contribution in [-0.2, 0) is 12.3 Å². The molecule has 1 aromatic heterocycles. The van der Waals surface area contributed by atoms with Crippen LogP contribution in [0.15, 0.2) is 6.20 Å². The molecule has 0 radical (unpaired) electrons. The minimum Gasteiger partial charge on any atom is -0.345 e. The van der Waals surface area contributed by atoms with Gasteiger partial charge in [0.2, 0.25) is 0 Å². The summed E-state index contributed by atoms with van der Waals surface area (Å²) < 4.78 is 0. The first-order valence-corrected chi connectivity index (χ1v) is 7.99. The van der Waals surface area contributed by atoms with Crippen LogP contribution in [0.5, 0.6) is 0 Å². The number of unbranched alkanes of at least 4 members (excludes halogenated alkanes) is 8. The molecule has 0 atom stereocenters. The van der Waals surface area contributed by atoms with E-state index in [1.165, 1.54) is 57.8 Å². The number of rotatable bonds is 11. The highest BCUT2D eigenvalue weighted by Crippen LogP contribution is 2.11. The van der Waals surface area contributed by atoms with Crippen molar-refractivity contribution in [3.05, 3.63) is 17.7 Å². The third-order valence-corrected chi connectivity index (χ3v) is 3.63. The molecule has 0 bridgehead atoms. The van der Waals surface area contributed by atoms with Crippen molar-refractivity contribution in [3.63, 3.8) is 0 Å². The lowest BCUT2D eigenvalue weighted by Gasteiger charge is -2.01. The number of alkyl halides is 1. The van der Waals surface area contributed by atoms with Gasteiger partial charge in [-0.2, -0.15) is 0 Å². The lowest BCUT2D eigenvalue weighted by atomic mass is 10.1. The molecule has 0 aliphatic carbocycles. The fourth-order valence-electron chi connectivity index (χ4n) is 2.20. The summed E-state index contributed by atoms with van der Waals surface area (Å²) in [6.07, 6.45) is 15.2. The van der Waals surface area contributed by atoms with Crippen LogP contribution in [0.25, 0.3) is 0 Å². The number of aromatic amines is 1. The number of aromatic nitrogens is 2. The van der Waals surface area contributed by atoms with Gasteiger partial charge in [-0.25, -0.2) is 4.98 Å². The smallest absolute Gasteiger partial charge is 0.106 e. The fourth-order valence-corrected chi connectivity index (χ4v) is 2.34. The molecule has 0 aliphatic heterocycles. The van der Waals surface area contributed by atoms with Gasteiger partial charge in [0.05, 0.1) is 5.88 Å². The van der Waals surface area contributed by atoms with Crippen molar-refractivity contribution in [2.24, 2.45) is 0 Å². The first kappa shape index (κ1) is 18.8. The minimum atomic E-state index is 0. The Labute approximate surface area is 129 Å². The number of nitrogens with one attached hydrogen (secondary N) is 1. The summed E-state index contributed by atoms with van der Waals surface area (Å²) in [7, 11) is 0. The average molecular weight is 307 g/mol. The van der Waals surface area contributed by atoms with Gasteiger partial charge >= 0.3 is 0 Å². The van der Waals surface area contributed by atoms with Gasteiger partial charge in [-0.1, -0.05) is 58.3 Å². The van der Waals surface area contributed by atoms with Gasteiger partial charge in [0.1, 0.15) is 5.82 Å². The first-order chi connectivity index (χ1) is 8.86. The minimum absolute atomic E-state index is 0. The summed E-state index contributed by atoms with van der Waals surface area (Å²) in [5.41, 5.74) is 1.03. The second kappa shape index (κ2) is 12.8. The Morgan fingerprint density at radius 3 is 2.11 bits per heavy atom. The second-order valence-electron chi connectivity index (χ2n) is 5.07. The quantitative estimate of drug-likeness (QED) is 0.416. The average Bonchev–Trinajstić information content (AvgIpc) is 2.85. The number of imidazole rings is 1. The van der Waals surface area contributed by atoms with Gasteiger partial charge in [-0.15, -0.1) is 24.0 Å². The molecule has 1 N–H and O–H groups in total. The number of H-pyrrole nitrogens is 1. The van der Waals surface area contributed by atoms with Gasteiger partial charge in [0.15, 0.2) is 0 Å². The van der Waals surface area contributed by atoms with Crippen molar-refractivity contribution in [1.29, 1.82) is 0 Å². The van der Waals surface area contributed by atoms with E-state index in [-0.39, 0.29) is 12.4 Å². The summed E-state index contributed by atoms with van der Waals surface area (Å²) in [5.74, 6) is 1.62. The zero-order chi connectivity index (χ0) is 13.1. The summed E-state index contributed by atoms with van der Waals surface area (Å²) >= 11 is 5.72. The van der Waals surface area contributed by atoms with Crippen LogP contribution >= 0.6 is 24.0 Å². The summed E-state index contributed by atoms with van der Waals surface area (Å²) in [6.45, 7) is 2.27. The highest BCUT2D eigenvalue weighted by molar-refractivity contribution is 6.16. The number of halogens is 2. The molecule has 0 amide bonds. The third kappa shape index (κ3) is 9.34. The van der Waals surface area contributed by atoms with Crippen molar-refractivity contribution >= 4 is 24.0 Å². The molecule has 0 unspecified atom stereocenters. The normalized spacial score (nSPS) is 10.4. The van der Waals surface area contributed by atoms with Crippen molar-refractivity contribution in [2.75, 3.05) is 0 Å². The molecule has 0 saturated heterocycles. The molecule has 4 heteroatoms. The number of nitrogens with zero attached hydrogens (tertiary/aromatic N) is 1. The van der Waals surface area contributed by atoms with E-state index < -0.39 is 0 Å². The van der Waals surface area contributed by atoms with Gasteiger partial charge in [0, 0.05) is 18.3 Å². The molecular formula is C15H28Cl2N2. The standard InChI is InChI=1S/C15H27ClN2.ClH/c1-2-3-4-5-6-7-8-9-10-11-15-17-13-14(12-16)18-15;/h13H,2-12H2,1H3,(H,17,18);1H. The maximum Gasteiger partial charge on any atom is 0.106 e. The molecular weight excluding hydrogens is 279 g/mol. The lowest BCUT2D eigenvalue weighted by molar-refractivity contribution is 0.562. The summed E-state index contributed by atoms with van der Waals surface area (Å²) in [6, 6.07) is 0. The second-order valence-corrected chi connectivity index (χ2v) is 5.33. The Morgan fingerprint density at radius 2 is 1.58 bits per heavy atom. The molecule has 0 spiro atoms. The van der Waals surface area contributed by atoms with Crippen molar-refractivity contribution < 1.29 is 0 Å². The molecule has 1 rings (SSSR count).